The summed E-state index contributed by atoms with van der Waals surface area (Å²) < 4.78 is 18.2. The van der Waals surface area contributed by atoms with Crippen molar-refractivity contribution < 1.29 is 13.9 Å². The molecule has 0 radical (unpaired) electrons. The second-order valence-electron chi connectivity index (χ2n) is 2.61. The van der Waals surface area contributed by atoms with Crippen LogP contribution in [0, 0.1) is 0 Å². The number of ether oxygens (including phenoxy) is 1. The van der Waals surface area contributed by atoms with Crippen LogP contribution < -0.4 is 0 Å². The highest BCUT2D eigenvalue weighted by Gasteiger charge is 2.11. The Labute approximate surface area is 76.5 Å². The Hall–Kier alpha value is -1.16. The average molecular weight is 185 g/mol. The Bertz CT molecular complexity index is 220. The monoisotopic (exact) mass is 185 g/mol. The molecule has 0 N–H and O–H groups in total. The fourth-order valence-corrected chi connectivity index (χ4v) is 1.06. The first-order valence-electron chi connectivity index (χ1n) is 4.15. The van der Waals surface area contributed by atoms with Crippen molar-refractivity contribution in [3.8, 4) is 0 Å². The molecule has 3 nitrogen and oxygen atoms in total. The SMILES string of the molecule is O=C/C=C/C=C(\F)N1CCOCC1. The first-order valence-corrected chi connectivity index (χ1v) is 4.15. The summed E-state index contributed by atoms with van der Waals surface area (Å²) in [6.45, 7) is 2.24. The summed E-state index contributed by atoms with van der Waals surface area (Å²) >= 11 is 0. The second kappa shape index (κ2) is 5.48. The molecule has 0 aromatic heterocycles. The molecule has 0 aromatic rings. The van der Waals surface area contributed by atoms with Crippen molar-refractivity contribution in [2.24, 2.45) is 0 Å². The van der Waals surface area contributed by atoms with Crippen LogP contribution in [-0.2, 0) is 9.53 Å². The van der Waals surface area contributed by atoms with Gasteiger partial charge < -0.3 is 9.64 Å². The van der Waals surface area contributed by atoms with E-state index >= 15 is 0 Å². The van der Waals surface area contributed by atoms with Gasteiger partial charge in [-0.1, -0.05) is 6.08 Å². The van der Waals surface area contributed by atoms with E-state index in [0.29, 0.717) is 32.6 Å². The van der Waals surface area contributed by atoms with Gasteiger partial charge in [-0.15, -0.1) is 0 Å². The minimum atomic E-state index is -0.318. The van der Waals surface area contributed by atoms with Gasteiger partial charge in [0.05, 0.1) is 13.2 Å². The van der Waals surface area contributed by atoms with Crippen LogP contribution in [0.5, 0.6) is 0 Å². The standard InChI is InChI=1S/C9H12FNO2/c10-9(3-1-2-6-12)11-4-7-13-8-5-11/h1-3,6H,4-5,7-8H2/b2-1+,9-3+. The Morgan fingerprint density at radius 3 is 2.62 bits per heavy atom. The van der Waals surface area contributed by atoms with Crippen LogP contribution in [0.25, 0.3) is 0 Å². The van der Waals surface area contributed by atoms with E-state index in [1.807, 2.05) is 0 Å². The molecule has 0 unspecified atom stereocenters. The Morgan fingerprint density at radius 2 is 2.00 bits per heavy atom. The van der Waals surface area contributed by atoms with E-state index in [0.717, 1.165) is 0 Å². The zero-order chi connectivity index (χ0) is 9.52. The number of allylic oxidation sites excluding steroid dienone is 3. The third-order valence-electron chi connectivity index (χ3n) is 1.74. The topological polar surface area (TPSA) is 29.5 Å². The first-order chi connectivity index (χ1) is 6.34. The molecule has 1 saturated heterocycles. The van der Waals surface area contributed by atoms with Gasteiger partial charge in [0.25, 0.3) is 0 Å². The van der Waals surface area contributed by atoms with E-state index in [-0.39, 0.29) is 5.95 Å². The number of hydrogen-bond acceptors (Lipinski definition) is 3. The van der Waals surface area contributed by atoms with E-state index in [2.05, 4.69) is 0 Å². The zero-order valence-corrected chi connectivity index (χ0v) is 7.28. The smallest absolute Gasteiger partial charge is 0.189 e. The fourth-order valence-electron chi connectivity index (χ4n) is 1.06. The molecule has 0 aromatic carbocycles. The predicted molar refractivity (Wildman–Crippen MR) is 46.8 cm³/mol. The van der Waals surface area contributed by atoms with E-state index in [1.165, 1.54) is 18.2 Å². The maximum Gasteiger partial charge on any atom is 0.189 e. The molecule has 4 heteroatoms. The maximum absolute atomic E-state index is 13.2. The number of carbonyl (C=O) groups excluding carboxylic acids is 1. The third-order valence-corrected chi connectivity index (χ3v) is 1.74. The summed E-state index contributed by atoms with van der Waals surface area (Å²) in [5.74, 6) is -0.318. The molecule has 0 amide bonds. The van der Waals surface area contributed by atoms with Crippen molar-refractivity contribution in [1.29, 1.82) is 0 Å². The van der Waals surface area contributed by atoms with Gasteiger partial charge in [0.15, 0.2) is 5.95 Å². The summed E-state index contributed by atoms with van der Waals surface area (Å²) in [6.07, 6.45) is 4.53. The number of carbonyl (C=O) groups is 1. The van der Waals surface area contributed by atoms with Crippen LogP contribution in [0.15, 0.2) is 24.2 Å². The molecule has 0 bridgehead atoms. The number of rotatable bonds is 3. The molecule has 0 spiro atoms. The molecule has 1 aliphatic heterocycles. The van der Waals surface area contributed by atoms with Crippen molar-refractivity contribution in [1.82, 2.24) is 4.90 Å². The van der Waals surface area contributed by atoms with Gasteiger partial charge >= 0.3 is 0 Å². The van der Waals surface area contributed by atoms with E-state index in [1.54, 1.807) is 4.90 Å². The lowest BCUT2D eigenvalue weighted by atomic mass is 10.4. The van der Waals surface area contributed by atoms with E-state index in [4.69, 9.17) is 4.74 Å². The summed E-state index contributed by atoms with van der Waals surface area (Å²) in [5.41, 5.74) is 0. The number of morpholine rings is 1. The van der Waals surface area contributed by atoms with Crippen LogP contribution in [-0.4, -0.2) is 37.5 Å². The number of aldehydes is 1. The van der Waals surface area contributed by atoms with Gasteiger partial charge in [0.2, 0.25) is 0 Å². The Morgan fingerprint density at radius 1 is 1.31 bits per heavy atom. The number of nitrogens with zero attached hydrogens (tertiary/aromatic N) is 1. The molecule has 13 heavy (non-hydrogen) atoms. The predicted octanol–water partition coefficient (Wildman–Crippen LogP) is 0.885. The average Bonchev–Trinajstić information content (AvgIpc) is 2.19. The molecule has 1 fully saturated rings. The van der Waals surface area contributed by atoms with Gasteiger partial charge in [-0.05, 0) is 12.2 Å². The van der Waals surface area contributed by atoms with Gasteiger partial charge in [0, 0.05) is 13.1 Å². The van der Waals surface area contributed by atoms with Gasteiger partial charge in [-0.3, -0.25) is 4.79 Å². The minimum Gasteiger partial charge on any atom is -0.378 e. The minimum absolute atomic E-state index is 0.318. The molecule has 0 saturated carbocycles. The molecule has 1 heterocycles. The lowest BCUT2D eigenvalue weighted by Crippen LogP contribution is -2.34. The first kappa shape index (κ1) is 9.92. The van der Waals surface area contributed by atoms with E-state index in [9.17, 15) is 9.18 Å². The number of hydrogen-bond donors (Lipinski definition) is 0. The van der Waals surface area contributed by atoms with Crippen molar-refractivity contribution in [3.63, 3.8) is 0 Å². The highest BCUT2D eigenvalue weighted by atomic mass is 19.1. The van der Waals surface area contributed by atoms with Crippen LogP contribution in [0.4, 0.5) is 4.39 Å². The van der Waals surface area contributed by atoms with Crippen LogP contribution in [0.1, 0.15) is 0 Å². The summed E-state index contributed by atoms with van der Waals surface area (Å²) in [6, 6.07) is 0. The number of halogens is 1. The Kier molecular flexibility index (Phi) is 4.18. The molecular formula is C9H12FNO2. The lowest BCUT2D eigenvalue weighted by molar-refractivity contribution is -0.104. The summed E-state index contributed by atoms with van der Waals surface area (Å²) in [5, 5.41) is 0. The molecule has 1 rings (SSSR count). The van der Waals surface area contributed by atoms with Crippen LogP contribution >= 0.6 is 0 Å². The highest BCUT2D eigenvalue weighted by molar-refractivity contribution is 5.65. The normalized spacial score (nSPS) is 19.5. The molecule has 0 aliphatic carbocycles. The van der Waals surface area contributed by atoms with Gasteiger partial charge in [0.1, 0.15) is 6.29 Å². The Balaban J connectivity index is 2.44. The van der Waals surface area contributed by atoms with Crippen molar-refractivity contribution in [2.45, 2.75) is 0 Å². The van der Waals surface area contributed by atoms with Crippen molar-refractivity contribution in [2.75, 3.05) is 26.3 Å². The van der Waals surface area contributed by atoms with Crippen molar-refractivity contribution >= 4 is 6.29 Å². The van der Waals surface area contributed by atoms with Crippen molar-refractivity contribution in [3.05, 3.63) is 24.2 Å². The van der Waals surface area contributed by atoms with E-state index < -0.39 is 0 Å². The van der Waals surface area contributed by atoms with Crippen LogP contribution in [0.2, 0.25) is 0 Å². The summed E-state index contributed by atoms with van der Waals surface area (Å²) in [4.78, 5) is 11.5. The molecule has 0 atom stereocenters. The highest BCUT2D eigenvalue weighted by Crippen LogP contribution is 2.08. The van der Waals surface area contributed by atoms with Gasteiger partial charge in [-0.2, -0.15) is 4.39 Å². The van der Waals surface area contributed by atoms with Gasteiger partial charge in [-0.25, -0.2) is 0 Å². The lowest BCUT2D eigenvalue weighted by Gasteiger charge is -2.26. The quantitative estimate of drug-likeness (QED) is 0.283. The third kappa shape index (κ3) is 3.38. The second-order valence-corrected chi connectivity index (χ2v) is 2.61. The molecular weight excluding hydrogens is 173 g/mol. The van der Waals surface area contributed by atoms with Crippen LogP contribution in [0.3, 0.4) is 0 Å². The molecule has 1 aliphatic rings. The zero-order valence-electron chi connectivity index (χ0n) is 7.28. The summed E-state index contributed by atoms with van der Waals surface area (Å²) in [7, 11) is 0. The fraction of sp³-hybridized carbons (Fsp3) is 0.444. The maximum atomic E-state index is 13.2. The largest absolute Gasteiger partial charge is 0.378 e. The molecule has 72 valence electrons.